The summed E-state index contributed by atoms with van der Waals surface area (Å²) in [6, 6.07) is 8.08. The number of ether oxygens (including phenoxy) is 1. The van der Waals surface area contributed by atoms with Crippen molar-refractivity contribution >= 4 is 5.91 Å². The van der Waals surface area contributed by atoms with Crippen LogP contribution in [0.3, 0.4) is 0 Å². The van der Waals surface area contributed by atoms with Crippen molar-refractivity contribution in [3.63, 3.8) is 0 Å². The Bertz CT molecular complexity index is 487. The van der Waals surface area contributed by atoms with Crippen LogP contribution in [0.25, 0.3) is 0 Å². The molecule has 0 bridgehead atoms. The number of nitrogens with two attached hydrogens (primary N) is 1. The molecule has 0 saturated heterocycles. The van der Waals surface area contributed by atoms with Gasteiger partial charge in [-0.15, -0.1) is 0 Å². The Balaban J connectivity index is 1.84. The van der Waals surface area contributed by atoms with E-state index in [4.69, 9.17) is 10.5 Å². The lowest BCUT2D eigenvalue weighted by molar-refractivity contribution is -0.120. The molecule has 1 unspecified atom stereocenters. The summed E-state index contributed by atoms with van der Waals surface area (Å²) in [6.45, 7) is 2.83. The van der Waals surface area contributed by atoms with E-state index in [0.29, 0.717) is 12.6 Å². The number of rotatable bonds is 8. The molecule has 0 heterocycles. The fourth-order valence-corrected chi connectivity index (χ4v) is 3.03. The summed E-state index contributed by atoms with van der Waals surface area (Å²) in [6.07, 6.45) is 3.85. The molecular formula is C17H26N2O3. The maximum Gasteiger partial charge on any atom is 0.231 e. The van der Waals surface area contributed by atoms with E-state index in [1.165, 1.54) is 12.8 Å². The molecule has 0 aromatic heterocycles. The van der Waals surface area contributed by atoms with Crippen LogP contribution in [0, 0.1) is 6.92 Å². The number of carbonyl (C=O) groups is 1. The Labute approximate surface area is 132 Å². The quantitative estimate of drug-likeness (QED) is 0.762. The van der Waals surface area contributed by atoms with Gasteiger partial charge in [-0.1, -0.05) is 25.0 Å². The van der Waals surface area contributed by atoms with Crippen LogP contribution in [0.1, 0.15) is 31.2 Å². The molecular weight excluding hydrogens is 280 g/mol. The normalized spacial score (nSPS) is 16.9. The highest BCUT2D eigenvalue weighted by molar-refractivity contribution is 5.75. The van der Waals surface area contributed by atoms with Gasteiger partial charge in [0.2, 0.25) is 5.91 Å². The highest BCUT2D eigenvalue weighted by Gasteiger charge is 2.25. The molecule has 1 aromatic carbocycles. The Morgan fingerprint density at radius 3 is 2.82 bits per heavy atom. The second kappa shape index (κ2) is 8.15. The molecule has 1 aliphatic rings. The topological polar surface area (TPSA) is 75.8 Å². The van der Waals surface area contributed by atoms with Gasteiger partial charge in [0.1, 0.15) is 18.5 Å². The van der Waals surface area contributed by atoms with Crippen LogP contribution in [-0.2, 0) is 4.79 Å². The van der Waals surface area contributed by atoms with Crippen molar-refractivity contribution < 1.29 is 14.6 Å². The SMILES string of the molecule is Cc1cccc(OCC(O)CN(CC(N)=O)C2CCCC2)c1. The zero-order valence-electron chi connectivity index (χ0n) is 13.2. The maximum atomic E-state index is 11.2. The number of aryl methyl sites for hydroxylation is 1. The van der Waals surface area contributed by atoms with Crippen LogP contribution in [0.15, 0.2) is 24.3 Å². The summed E-state index contributed by atoms with van der Waals surface area (Å²) in [5.74, 6) is 0.403. The monoisotopic (exact) mass is 306 g/mol. The first-order valence-corrected chi connectivity index (χ1v) is 7.94. The zero-order valence-corrected chi connectivity index (χ0v) is 13.2. The third-order valence-electron chi connectivity index (χ3n) is 4.08. The summed E-state index contributed by atoms with van der Waals surface area (Å²) in [5, 5.41) is 10.2. The Hall–Kier alpha value is -1.59. The lowest BCUT2D eigenvalue weighted by Gasteiger charge is -2.29. The first kappa shape index (κ1) is 16.8. The van der Waals surface area contributed by atoms with Crippen LogP contribution < -0.4 is 10.5 Å². The smallest absolute Gasteiger partial charge is 0.231 e. The van der Waals surface area contributed by atoms with Crippen molar-refractivity contribution in [3.05, 3.63) is 29.8 Å². The van der Waals surface area contributed by atoms with Gasteiger partial charge in [0.15, 0.2) is 0 Å². The van der Waals surface area contributed by atoms with Crippen LogP contribution in [0.5, 0.6) is 5.75 Å². The predicted octanol–water partition coefficient (Wildman–Crippen LogP) is 1.46. The Morgan fingerprint density at radius 1 is 1.45 bits per heavy atom. The molecule has 5 heteroatoms. The molecule has 0 radical (unpaired) electrons. The molecule has 1 aliphatic carbocycles. The lowest BCUT2D eigenvalue weighted by atomic mass is 10.2. The van der Waals surface area contributed by atoms with E-state index in [9.17, 15) is 9.90 Å². The molecule has 1 fully saturated rings. The van der Waals surface area contributed by atoms with Crippen molar-refractivity contribution in [1.82, 2.24) is 4.90 Å². The second-order valence-electron chi connectivity index (χ2n) is 6.12. The molecule has 0 spiro atoms. The molecule has 5 nitrogen and oxygen atoms in total. The average molecular weight is 306 g/mol. The average Bonchev–Trinajstić information content (AvgIpc) is 2.98. The van der Waals surface area contributed by atoms with Crippen molar-refractivity contribution in [1.29, 1.82) is 0 Å². The number of hydrogen-bond acceptors (Lipinski definition) is 4. The summed E-state index contributed by atoms with van der Waals surface area (Å²) >= 11 is 0. The fraction of sp³-hybridized carbons (Fsp3) is 0.588. The summed E-state index contributed by atoms with van der Waals surface area (Å²) < 4.78 is 5.62. The van der Waals surface area contributed by atoms with Crippen LogP contribution >= 0.6 is 0 Å². The van der Waals surface area contributed by atoms with Gasteiger partial charge in [-0.3, -0.25) is 9.69 Å². The van der Waals surface area contributed by atoms with Gasteiger partial charge in [0.05, 0.1) is 6.54 Å². The number of primary amides is 1. The molecule has 1 amide bonds. The van der Waals surface area contributed by atoms with Gasteiger partial charge in [0, 0.05) is 12.6 Å². The van der Waals surface area contributed by atoms with E-state index in [1.54, 1.807) is 0 Å². The van der Waals surface area contributed by atoms with E-state index < -0.39 is 6.10 Å². The van der Waals surface area contributed by atoms with Crippen molar-refractivity contribution in [2.24, 2.45) is 5.73 Å². The predicted molar refractivity (Wildman–Crippen MR) is 85.7 cm³/mol. The summed E-state index contributed by atoms with van der Waals surface area (Å²) in [4.78, 5) is 13.2. The first-order chi connectivity index (χ1) is 10.5. The Kier molecular flexibility index (Phi) is 6.21. The molecule has 122 valence electrons. The van der Waals surface area contributed by atoms with E-state index >= 15 is 0 Å². The highest BCUT2D eigenvalue weighted by atomic mass is 16.5. The Morgan fingerprint density at radius 2 is 2.18 bits per heavy atom. The largest absolute Gasteiger partial charge is 0.491 e. The zero-order chi connectivity index (χ0) is 15.9. The standard InChI is InChI=1S/C17H26N2O3/c1-13-5-4-8-16(9-13)22-12-15(20)10-19(11-17(18)21)14-6-2-3-7-14/h4-5,8-9,14-15,20H,2-3,6-7,10-12H2,1H3,(H2,18,21). The van der Waals surface area contributed by atoms with Crippen LogP contribution in [-0.4, -0.2) is 47.8 Å². The third kappa shape index (κ3) is 5.31. The molecule has 0 aliphatic heterocycles. The number of hydrogen-bond donors (Lipinski definition) is 2. The fourth-order valence-electron chi connectivity index (χ4n) is 3.03. The van der Waals surface area contributed by atoms with E-state index in [0.717, 1.165) is 24.2 Å². The first-order valence-electron chi connectivity index (χ1n) is 7.94. The van der Waals surface area contributed by atoms with E-state index in [-0.39, 0.29) is 19.1 Å². The van der Waals surface area contributed by atoms with Gasteiger partial charge in [-0.2, -0.15) is 0 Å². The van der Waals surface area contributed by atoms with Gasteiger partial charge in [0.25, 0.3) is 0 Å². The molecule has 22 heavy (non-hydrogen) atoms. The number of carbonyl (C=O) groups excluding carboxylic acids is 1. The van der Waals surface area contributed by atoms with E-state index in [2.05, 4.69) is 0 Å². The second-order valence-corrected chi connectivity index (χ2v) is 6.12. The number of aliphatic hydroxyl groups is 1. The minimum absolute atomic E-state index is 0.201. The minimum Gasteiger partial charge on any atom is -0.491 e. The van der Waals surface area contributed by atoms with Crippen molar-refractivity contribution in [3.8, 4) is 5.75 Å². The molecule has 1 saturated carbocycles. The van der Waals surface area contributed by atoms with Gasteiger partial charge >= 0.3 is 0 Å². The highest BCUT2D eigenvalue weighted by Crippen LogP contribution is 2.23. The minimum atomic E-state index is -0.638. The van der Waals surface area contributed by atoms with Gasteiger partial charge in [-0.25, -0.2) is 0 Å². The van der Waals surface area contributed by atoms with Crippen LogP contribution in [0.4, 0.5) is 0 Å². The molecule has 1 atom stereocenters. The summed E-state index contributed by atoms with van der Waals surface area (Å²) in [5.41, 5.74) is 6.44. The van der Waals surface area contributed by atoms with Gasteiger partial charge in [-0.05, 0) is 37.5 Å². The van der Waals surface area contributed by atoms with Crippen LogP contribution in [0.2, 0.25) is 0 Å². The molecule has 2 rings (SSSR count). The number of aliphatic hydroxyl groups excluding tert-OH is 1. The number of benzene rings is 1. The maximum absolute atomic E-state index is 11.2. The lowest BCUT2D eigenvalue weighted by Crippen LogP contribution is -2.45. The number of nitrogens with zero attached hydrogens (tertiary/aromatic N) is 1. The number of amides is 1. The van der Waals surface area contributed by atoms with Gasteiger partial charge < -0.3 is 15.6 Å². The van der Waals surface area contributed by atoms with E-state index in [1.807, 2.05) is 36.1 Å². The molecule has 1 aromatic rings. The summed E-state index contributed by atoms with van der Waals surface area (Å²) in [7, 11) is 0. The molecule has 3 N–H and O–H groups in total. The van der Waals surface area contributed by atoms with Crippen molar-refractivity contribution in [2.45, 2.75) is 44.8 Å². The van der Waals surface area contributed by atoms with Crippen molar-refractivity contribution in [2.75, 3.05) is 19.7 Å². The third-order valence-corrected chi connectivity index (χ3v) is 4.08.